The second kappa shape index (κ2) is 9.08. The van der Waals surface area contributed by atoms with Crippen LogP contribution in [-0.2, 0) is 23.2 Å². The van der Waals surface area contributed by atoms with Gasteiger partial charge in [-0.05, 0) is 55.7 Å². The van der Waals surface area contributed by atoms with Crippen LogP contribution in [0.15, 0.2) is 52.9 Å². The monoisotopic (exact) mass is 432 g/mol. The highest BCUT2D eigenvalue weighted by atomic mass is 35.5. The first-order chi connectivity index (χ1) is 13.7. The van der Waals surface area contributed by atoms with E-state index in [0.29, 0.717) is 28.8 Å². The number of carbonyl (C=O) groups is 1. The minimum Gasteiger partial charge on any atom is -0.422 e. The molecule has 1 heterocycles. The van der Waals surface area contributed by atoms with Crippen LogP contribution < -0.4 is 0 Å². The lowest BCUT2D eigenvalue weighted by Gasteiger charge is -2.14. The Kier molecular flexibility index (Phi) is 6.73. The van der Waals surface area contributed by atoms with Crippen molar-refractivity contribution in [2.75, 3.05) is 0 Å². The van der Waals surface area contributed by atoms with Crippen molar-refractivity contribution >= 4 is 29.0 Å². The highest BCUT2D eigenvalue weighted by molar-refractivity contribution is 6.30. The summed E-state index contributed by atoms with van der Waals surface area (Å²) in [7, 11) is 0. The fourth-order valence-corrected chi connectivity index (χ4v) is 3.23. The predicted molar refractivity (Wildman–Crippen MR) is 112 cm³/mol. The molecule has 0 saturated carbocycles. The molecule has 1 atom stereocenters. The van der Waals surface area contributed by atoms with E-state index in [1.165, 1.54) is 0 Å². The molecule has 7 heteroatoms. The van der Waals surface area contributed by atoms with E-state index >= 15 is 0 Å². The molecule has 1 aromatic heterocycles. The van der Waals surface area contributed by atoms with Gasteiger partial charge in [-0.2, -0.15) is 0 Å². The number of aliphatic hydroxyl groups is 1. The lowest BCUT2D eigenvalue weighted by Crippen LogP contribution is -2.16. The van der Waals surface area contributed by atoms with Crippen molar-refractivity contribution in [3.63, 3.8) is 0 Å². The molecule has 0 spiro atoms. The van der Waals surface area contributed by atoms with Crippen LogP contribution in [0.25, 0.3) is 0 Å². The molecule has 0 aliphatic heterocycles. The third-order valence-corrected chi connectivity index (χ3v) is 5.00. The van der Waals surface area contributed by atoms with Crippen LogP contribution in [0.4, 0.5) is 0 Å². The number of Topliss-reactive ketones (excluding diaryl/α,β-unsaturated/α-hetero) is 1. The minimum absolute atomic E-state index is 0.0503. The van der Waals surface area contributed by atoms with Gasteiger partial charge in [-0.1, -0.05) is 47.5 Å². The van der Waals surface area contributed by atoms with E-state index in [9.17, 15) is 9.90 Å². The van der Waals surface area contributed by atoms with Crippen molar-refractivity contribution in [3.05, 3.63) is 81.5 Å². The van der Waals surface area contributed by atoms with E-state index in [1.54, 1.807) is 38.1 Å². The number of hydrogen-bond donors (Lipinski definition) is 1. The van der Waals surface area contributed by atoms with E-state index in [4.69, 9.17) is 27.6 Å². The molecule has 0 bridgehead atoms. The van der Waals surface area contributed by atoms with Crippen LogP contribution in [-0.4, -0.2) is 21.1 Å². The third kappa shape index (κ3) is 6.13. The SMILES string of the molecule is CC(C)(O)c1nnc([C@@H](CC(=O)Cc2ccc(Cl)cc2)Cc2ccc(Cl)cc2)o1. The molecular weight excluding hydrogens is 411 g/mol. The van der Waals surface area contributed by atoms with Gasteiger partial charge < -0.3 is 9.52 Å². The lowest BCUT2D eigenvalue weighted by molar-refractivity contribution is -0.118. The molecule has 0 saturated heterocycles. The molecule has 0 unspecified atom stereocenters. The highest BCUT2D eigenvalue weighted by Crippen LogP contribution is 2.28. The minimum atomic E-state index is -1.25. The average molecular weight is 433 g/mol. The maximum Gasteiger partial charge on any atom is 0.247 e. The summed E-state index contributed by atoms with van der Waals surface area (Å²) in [6.45, 7) is 3.15. The molecule has 3 aromatic rings. The summed E-state index contributed by atoms with van der Waals surface area (Å²) in [5, 5.41) is 19.4. The van der Waals surface area contributed by atoms with E-state index < -0.39 is 5.60 Å². The Morgan fingerprint density at radius 2 is 1.55 bits per heavy atom. The van der Waals surface area contributed by atoms with Gasteiger partial charge in [-0.15, -0.1) is 10.2 Å². The van der Waals surface area contributed by atoms with E-state index in [0.717, 1.165) is 11.1 Å². The highest BCUT2D eigenvalue weighted by Gasteiger charge is 2.28. The van der Waals surface area contributed by atoms with Crippen molar-refractivity contribution in [2.24, 2.45) is 0 Å². The second-order valence-corrected chi connectivity index (χ2v) is 8.45. The molecule has 1 N–H and O–H groups in total. The Bertz CT molecular complexity index is 961. The number of nitrogens with zero attached hydrogens (tertiary/aromatic N) is 2. The molecule has 152 valence electrons. The Morgan fingerprint density at radius 3 is 2.07 bits per heavy atom. The maximum atomic E-state index is 12.7. The van der Waals surface area contributed by atoms with Gasteiger partial charge in [0.2, 0.25) is 11.8 Å². The smallest absolute Gasteiger partial charge is 0.247 e. The van der Waals surface area contributed by atoms with Gasteiger partial charge in [0.05, 0.1) is 0 Å². The van der Waals surface area contributed by atoms with Crippen LogP contribution >= 0.6 is 23.2 Å². The topological polar surface area (TPSA) is 76.2 Å². The Morgan fingerprint density at radius 1 is 1.00 bits per heavy atom. The number of benzene rings is 2. The fraction of sp³-hybridized carbons (Fsp3) is 0.318. The van der Waals surface area contributed by atoms with Crippen LogP contribution in [0.3, 0.4) is 0 Å². The summed E-state index contributed by atoms with van der Waals surface area (Å²) in [6, 6.07) is 14.6. The van der Waals surface area contributed by atoms with Gasteiger partial charge >= 0.3 is 0 Å². The summed E-state index contributed by atoms with van der Waals surface area (Å²) in [4.78, 5) is 12.7. The molecule has 29 heavy (non-hydrogen) atoms. The molecule has 0 fully saturated rings. The number of ketones is 1. The van der Waals surface area contributed by atoms with E-state index in [1.807, 2.05) is 24.3 Å². The molecule has 0 radical (unpaired) electrons. The van der Waals surface area contributed by atoms with Crippen LogP contribution in [0.1, 0.15) is 49.1 Å². The van der Waals surface area contributed by atoms with Crippen LogP contribution in [0, 0.1) is 0 Å². The molecule has 5 nitrogen and oxygen atoms in total. The second-order valence-electron chi connectivity index (χ2n) is 7.58. The Labute approximate surface area is 179 Å². The van der Waals surface area contributed by atoms with Crippen LogP contribution in [0.5, 0.6) is 0 Å². The zero-order valence-electron chi connectivity index (χ0n) is 16.2. The number of carbonyl (C=O) groups excluding carboxylic acids is 1. The number of rotatable bonds is 8. The van der Waals surface area contributed by atoms with Crippen molar-refractivity contribution in [1.29, 1.82) is 0 Å². The van der Waals surface area contributed by atoms with Crippen LogP contribution in [0.2, 0.25) is 10.0 Å². The summed E-state index contributed by atoms with van der Waals surface area (Å²) >= 11 is 11.9. The van der Waals surface area contributed by atoms with Gasteiger partial charge in [0.15, 0.2) is 0 Å². The quantitative estimate of drug-likeness (QED) is 0.533. The molecule has 2 aromatic carbocycles. The summed E-state index contributed by atoms with van der Waals surface area (Å²) in [5.41, 5.74) is 0.651. The molecule has 0 aliphatic carbocycles. The summed E-state index contributed by atoms with van der Waals surface area (Å²) in [6.07, 6.45) is 1.07. The van der Waals surface area contributed by atoms with Gasteiger partial charge in [-0.3, -0.25) is 4.79 Å². The first-order valence-corrected chi connectivity index (χ1v) is 10.0. The predicted octanol–water partition coefficient (Wildman–Crippen LogP) is 5.13. The first-order valence-electron chi connectivity index (χ1n) is 9.27. The van der Waals surface area contributed by atoms with Gasteiger partial charge in [0, 0.05) is 28.8 Å². The van der Waals surface area contributed by atoms with Gasteiger partial charge in [0.25, 0.3) is 0 Å². The maximum absolute atomic E-state index is 12.7. The number of hydrogen-bond acceptors (Lipinski definition) is 5. The van der Waals surface area contributed by atoms with Gasteiger partial charge in [0.1, 0.15) is 11.4 Å². The molecule has 3 rings (SSSR count). The zero-order valence-corrected chi connectivity index (χ0v) is 17.7. The lowest BCUT2D eigenvalue weighted by atomic mass is 9.92. The number of aromatic nitrogens is 2. The van der Waals surface area contributed by atoms with Crippen molar-refractivity contribution in [1.82, 2.24) is 10.2 Å². The van der Waals surface area contributed by atoms with E-state index in [2.05, 4.69) is 10.2 Å². The Balaban J connectivity index is 1.79. The number of halogens is 2. The third-order valence-electron chi connectivity index (χ3n) is 4.50. The fourth-order valence-electron chi connectivity index (χ4n) is 2.98. The summed E-state index contributed by atoms with van der Waals surface area (Å²) < 4.78 is 5.71. The van der Waals surface area contributed by atoms with Crippen molar-refractivity contribution < 1.29 is 14.3 Å². The van der Waals surface area contributed by atoms with Crippen molar-refractivity contribution in [2.45, 2.75) is 44.6 Å². The molecule has 0 amide bonds. The van der Waals surface area contributed by atoms with Gasteiger partial charge in [-0.25, -0.2) is 0 Å². The normalized spacial score (nSPS) is 12.7. The van der Waals surface area contributed by atoms with Crippen molar-refractivity contribution in [3.8, 4) is 0 Å². The zero-order chi connectivity index (χ0) is 21.0. The Hall–Kier alpha value is -2.21. The standard InChI is InChI=1S/C22H22Cl2N2O3/c1-22(2,28)21-26-25-20(29-21)16(11-14-3-7-17(23)8-4-14)13-19(27)12-15-5-9-18(24)10-6-15/h3-10,16,28H,11-13H2,1-2H3/t16-/m1/s1. The first kappa shape index (κ1) is 21.5. The van der Waals surface area contributed by atoms with E-state index in [-0.39, 0.29) is 24.0 Å². The largest absolute Gasteiger partial charge is 0.422 e. The average Bonchev–Trinajstić information content (AvgIpc) is 3.15. The summed E-state index contributed by atoms with van der Waals surface area (Å²) in [5.74, 6) is 0.203. The molecular formula is C22H22Cl2N2O3. The molecule has 0 aliphatic rings.